The van der Waals surface area contributed by atoms with Gasteiger partial charge in [-0.15, -0.1) is 0 Å². The molecule has 2 aromatic rings. The van der Waals surface area contributed by atoms with Gasteiger partial charge in [-0.3, -0.25) is 4.79 Å². The van der Waals surface area contributed by atoms with Crippen LogP contribution in [0.2, 0.25) is 5.02 Å². The zero-order valence-corrected chi connectivity index (χ0v) is 19.2. The third kappa shape index (κ3) is 6.52. The number of halogens is 2. The number of rotatable bonds is 9. The number of ether oxygens (including phenoxy) is 1. The lowest BCUT2D eigenvalue weighted by molar-refractivity contribution is -0.121. The standard InChI is InChI=1S/C23H28BrClO3/c1-14(2)5-7-17(26)13-28-18-11-21(24)20(22(25)12-18)10-16-6-8-23(27)19(9-16)15(3)4/h6,8-9,11-12,14-15,27H,5,7,10,13H2,1-4H3. The number of carbonyl (C=O) groups excluding carboxylic acids is 1. The zero-order valence-electron chi connectivity index (χ0n) is 16.9. The first-order chi connectivity index (χ1) is 13.2. The van der Waals surface area contributed by atoms with Crippen LogP contribution in [-0.2, 0) is 11.2 Å². The Morgan fingerprint density at radius 1 is 1.18 bits per heavy atom. The molecule has 0 fully saturated rings. The van der Waals surface area contributed by atoms with E-state index in [9.17, 15) is 9.90 Å². The molecule has 0 atom stereocenters. The zero-order chi connectivity index (χ0) is 20.8. The second-order valence-electron chi connectivity index (χ2n) is 7.85. The Kier molecular flexibility index (Phi) is 8.38. The number of phenolic OH excluding ortho intramolecular Hbond substituents is 1. The largest absolute Gasteiger partial charge is 0.508 e. The van der Waals surface area contributed by atoms with Gasteiger partial charge in [0.05, 0.1) is 0 Å². The Morgan fingerprint density at radius 3 is 2.50 bits per heavy atom. The van der Waals surface area contributed by atoms with E-state index in [1.54, 1.807) is 12.1 Å². The molecule has 2 aromatic carbocycles. The molecule has 2 rings (SSSR count). The Balaban J connectivity index is 2.10. The summed E-state index contributed by atoms with van der Waals surface area (Å²) < 4.78 is 6.47. The lowest BCUT2D eigenvalue weighted by Crippen LogP contribution is -2.12. The van der Waals surface area contributed by atoms with Crippen molar-refractivity contribution in [3.63, 3.8) is 0 Å². The van der Waals surface area contributed by atoms with Crippen LogP contribution in [0.4, 0.5) is 0 Å². The number of Topliss-reactive ketones (excluding diaryl/α,β-unsaturated/α-hetero) is 1. The number of hydrogen-bond donors (Lipinski definition) is 1. The summed E-state index contributed by atoms with van der Waals surface area (Å²) in [7, 11) is 0. The van der Waals surface area contributed by atoms with Crippen LogP contribution in [0.1, 0.15) is 63.1 Å². The summed E-state index contributed by atoms with van der Waals surface area (Å²) in [5, 5.41) is 10.6. The van der Waals surface area contributed by atoms with E-state index >= 15 is 0 Å². The van der Waals surface area contributed by atoms with Gasteiger partial charge in [0.1, 0.15) is 18.1 Å². The Hall–Kier alpha value is -1.52. The van der Waals surface area contributed by atoms with Crippen molar-refractivity contribution >= 4 is 33.3 Å². The molecule has 5 heteroatoms. The number of phenols is 1. The maximum Gasteiger partial charge on any atom is 0.170 e. The van der Waals surface area contributed by atoms with E-state index in [1.807, 2.05) is 18.2 Å². The van der Waals surface area contributed by atoms with Gasteiger partial charge >= 0.3 is 0 Å². The van der Waals surface area contributed by atoms with Crippen LogP contribution in [0, 0.1) is 5.92 Å². The predicted molar refractivity (Wildman–Crippen MR) is 119 cm³/mol. The van der Waals surface area contributed by atoms with Crippen molar-refractivity contribution in [3.8, 4) is 11.5 Å². The van der Waals surface area contributed by atoms with Crippen molar-refractivity contribution in [2.24, 2.45) is 5.92 Å². The monoisotopic (exact) mass is 466 g/mol. The Bertz CT molecular complexity index is 808. The Morgan fingerprint density at radius 2 is 1.89 bits per heavy atom. The van der Waals surface area contributed by atoms with Crippen LogP contribution in [0.25, 0.3) is 0 Å². The first kappa shape index (κ1) is 22.8. The average molecular weight is 468 g/mol. The van der Waals surface area contributed by atoms with Gasteiger partial charge < -0.3 is 9.84 Å². The van der Waals surface area contributed by atoms with Crippen LogP contribution in [0.5, 0.6) is 11.5 Å². The van der Waals surface area contributed by atoms with E-state index in [2.05, 4.69) is 43.6 Å². The third-order valence-electron chi connectivity index (χ3n) is 4.61. The molecule has 152 valence electrons. The van der Waals surface area contributed by atoms with Gasteiger partial charge in [-0.2, -0.15) is 0 Å². The molecule has 0 aliphatic carbocycles. The summed E-state index contributed by atoms with van der Waals surface area (Å²) in [5.74, 6) is 1.73. The smallest absolute Gasteiger partial charge is 0.170 e. The van der Waals surface area contributed by atoms with Crippen molar-refractivity contribution in [1.29, 1.82) is 0 Å². The molecule has 0 aliphatic heterocycles. The number of ketones is 1. The highest BCUT2D eigenvalue weighted by Crippen LogP contribution is 2.34. The van der Waals surface area contributed by atoms with Gasteiger partial charge in [0.25, 0.3) is 0 Å². The molecule has 0 unspecified atom stereocenters. The van der Waals surface area contributed by atoms with Crippen LogP contribution in [0.15, 0.2) is 34.8 Å². The van der Waals surface area contributed by atoms with Crippen LogP contribution in [-0.4, -0.2) is 17.5 Å². The SMILES string of the molecule is CC(C)CCC(=O)COc1cc(Cl)c(Cc2ccc(O)c(C(C)C)c2)c(Br)c1. The predicted octanol–water partition coefficient (Wildman–Crippen LogP) is 6.91. The summed E-state index contributed by atoms with van der Waals surface area (Å²) in [6.45, 7) is 8.36. The molecule has 28 heavy (non-hydrogen) atoms. The van der Waals surface area contributed by atoms with Gasteiger partial charge in [0, 0.05) is 22.3 Å². The normalized spacial score (nSPS) is 11.3. The van der Waals surface area contributed by atoms with Crippen molar-refractivity contribution in [2.75, 3.05) is 6.61 Å². The molecule has 0 saturated carbocycles. The van der Waals surface area contributed by atoms with Crippen LogP contribution in [0.3, 0.4) is 0 Å². The highest BCUT2D eigenvalue weighted by atomic mass is 79.9. The summed E-state index contributed by atoms with van der Waals surface area (Å²) in [6.07, 6.45) is 2.04. The van der Waals surface area contributed by atoms with Crippen molar-refractivity contribution < 1.29 is 14.6 Å². The van der Waals surface area contributed by atoms with Crippen molar-refractivity contribution in [2.45, 2.75) is 52.9 Å². The summed E-state index contributed by atoms with van der Waals surface area (Å²) in [6, 6.07) is 9.25. The lowest BCUT2D eigenvalue weighted by atomic mass is 9.96. The minimum Gasteiger partial charge on any atom is -0.508 e. The van der Waals surface area contributed by atoms with E-state index in [-0.39, 0.29) is 18.3 Å². The molecule has 0 radical (unpaired) electrons. The highest BCUT2D eigenvalue weighted by molar-refractivity contribution is 9.10. The molecule has 0 aliphatic rings. The quantitative estimate of drug-likeness (QED) is 0.436. The maximum atomic E-state index is 11.9. The minimum atomic E-state index is 0.0601. The fourth-order valence-electron chi connectivity index (χ4n) is 2.90. The van der Waals surface area contributed by atoms with E-state index in [0.717, 1.165) is 27.6 Å². The van der Waals surface area contributed by atoms with E-state index in [1.165, 1.54) is 0 Å². The second kappa shape index (κ2) is 10.3. The van der Waals surface area contributed by atoms with Crippen molar-refractivity contribution in [3.05, 3.63) is 56.5 Å². The summed E-state index contributed by atoms with van der Waals surface area (Å²) >= 11 is 10.1. The van der Waals surface area contributed by atoms with E-state index in [4.69, 9.17) is 16.3 Å². The molecule has 0 bridgehead atoms. The molecule has 1 N–H and O–H groups in total. The van der Waals surface area contributed by atoms with Gasteiger partial charge in [0.2, 0.25) is 0 Å². The number of hydrogen-bond acceptors (Lipinski definition) is 3. The van der Waals surface area contributed by atoms with E-state index < -0.39 is 0 Å². The molecule has 3 nitrogen and oxygen atoms in total. The Labute approximate surface area is 181 Å². The average Bonchev–Trinajstić information content (AvgIpc) is 2.62. The van der Waals surface area contributed by atoms with Crippen LogP contribution < -0.4 is 4.74 Å². The molecule has 0 aromatic heterocycles. The fourth-order valence-corrected chi connectivity index (χ4v) is 3.87. The molecule has 0 saturated heterocycles. The van der Waals surface area contributed by atoms with Gasteiger partial charge in [-0.1, -0.05) is 67.4 Å². The maximum absolute atomic E-state index is 11.9. The third-order valence-corrected chi connectivity index (χ3v) is 5.65. The van der Waals surface area contributed by atoms with Gasteiger partial charge in [-0.05, 0) is 53.1 Å². The molecular formula is C23H28BrClO3. The van der Waals surface area contributed by atoms with E-state index in [0.29, 0.717) is 35.3 Å². The summed E-state index contributed by atoms with van der Waals surface area (Å²) in [4.78, 5) is 11.9. The topological polar surface area (TPSA) is 46.5 Å². The second-order valence-corrected chi connectivity index (χ2v) is 9.11. The number of benzene rings is 2. The lowest BCUT2D eigenvalue weighted by Gasteiger charge is -2.14. The highest BCUT2D eigenvalue weighted by Gasteiger charge is 2.13. The number of aromatic hydroxyl groups is 1. The first-order valence-electron chi connectivity index (χ1n) is 9.61. The minimum absolute atomic E-state index is 0.0601. The molecule has 0 heterocycles. The molecule has 0 amide bonds. The first-order valence-corrected chi connectivity index (χ1v) is 10.8. The van der Waals surface area contributed by atoms with Crippen molar-refractivity contribution in [1.82, 2.24) is 0 Å². The molecular weight excluding hydrogens is 440 g/mol. The molecule has 0 spiro atoms. The summed E-state index contributed by atoms with van der Waals surface area (Å²) in [5.41, 5.74) is 2.94. The van der Waals surface area contributed by atoms with Crippen LogP contribution >= 0.6 is 27.5 Å². The van der Waals surface area contributed by atoms with Gasteiger partial charge in [0.15, 0.2) is 5.78 Å². The number of carbonyl (C=O) groups is 1. The fraction of sp³-hybridized carbons (Fsp3) is 0.435. The van der Waals surface area contributed by atoms with Gasteiger partial charge in [-0.25, -0.2) is 0 Å².